The van der Waals surface area contributed by atoms with Crippen LogP contribution in [-0.2, 0) is 28.6 Å². The van der Waals surface area contributed by atoms with Crippen LogP contribution in [0.4, 0.5) is 0 Å². The van der Waals surface area contributed by atoms with Crippen LogP contribution in [0.1, 0.15) is 201 Å². The lowest BCUT2D eigenvalue weighted by Gasteiger charge is -2.18. The zero-order valence-corrected chi connectivity index (χ0v) is 39.1. The van der Waals surface area contributed by atoms with Gasteiger partial charge in [0.15, 0.2) is 6.10 Å². The molecule has 0 aliphatic carbocycles. The third-order valence-electron chi connectivity index (χ3n) is 9.93. The van der Waals surface area contributed by atoms with Crippen molar-refractivity contribution in [3.05, 3.63) is 109 Å². The minimum atomic E-state index is -0.807. The standard InChI is InChI=1S/C55H88O6/c1-4-7-10-13-16-19-22-25-27-30-33-36-39-42-45-48-54(57)60-51-52(50-59-53(56)47-44-41-38-35-32-29-24-21-18-15-12-9-6-3)61-55(58)49-46-43-40-37-34-31-28-26-23-20-17-14-11-8-5-2/h7,9-10,12-13,15-16,18-25,27,30,33,52H,4-6,8,11,14,17,26,28-29,31-32,34-51H2,1-3H3/b10-7+,12-9+,16-13+,18-15+,22-19+,23-20+,24-21+,27-25+,33-30+. The van der Waals surface area contributed by atoms with E-state index >= 15 is 0 Å². The van der Waals surface area contributed by atoms with Crippen molar-refractivity contribution >= 4 is 17.9 Å². The SMILES string of the molecule is CC/C=C/C=C/C=C/C=C/C=C/CCCCCC(=O)OCC(COC(=O)CCCCCCC/C=C/C=C/C=C/CC)OC(=O)CCCCCCCCC/C=C/CCCCCC. The smallest absolute Gasteiger partial charge is 0.306 e. The highest BCUT2D eigenvalue weighted by Crippen LogP contribution is 2.13. The maximum atomic E-state index is 12.8. The van der Waals surface area contributed by atoms with Crippen LogP contribution in [0.15, 0.2) is 109 Å². The minimum absolute atomic E-state index is 0.107. The molecular formula is C55H88O6. The van der Waals surface area contributed by atoms with E-state index in [1.54, 1.807) is 0 Å². The van der Waals surface area contributed by atoms with Crippen LogP contribution >= 0.6 is 0 Å². The molecule has 0 aromatic heterocycles. The maximum Gasteiger partial charge on any atom is 0.306 e. The molecule has 0 saturated carbocycles. The number of unbranched alkanes of at least 4 members (excludes halogenated alkanes) is 19. The second-order valence-corrected chi connectivity index (χ2v) is 15.8. The van der Waals surface area contributed by atoms with Gasteiger partial charge in [0, 0.05) is 19.3 Å². The van der Waals surface area contributed by atoms with Crippen molar-refractivity contribution < 1.29 is 28.6 Å². The second kappa shape index (κ2) is 48.7. The van der Waals surface area contributed by atoms with Crippen LogP contribution in [0.5, 0.6) is 0 Å². The van der Waals surface area contributed by atoms with Gasteiger partial charge in [-0.3, -0.25) is 14.4 Å². The molecule has 6 nitrogen and oxygen atoms in total. The van der Waals surface area contributed by atoms with Gasteiger partial charge in [-0.15, -0.1) is 0 Å². The number of hydrogen-bond acceptors (Lipinski definition) is 6. The van der Waals surface area contributed by atoms with Crippen molar-refractivity contribution in [3.8, 4) is 0 Å². The van der Waals surface area contributed by atoms with E-state index in [1.807, 2.05) is 48.6 Å². The van der Waals surface area contributed by atoms with E-state index in [0.29, 0.717) is 19.3 Å². The largest absolute Gasteiger partial charge is 0.462 e. The number of hydrogen-bond donors (Lipinski definition) is 0. The zero-order valence-electron chi connectivity index (χ0n) is 39.1. The Morgan fingerprint density at radius 1 is 0.344 bits per heavy atom. The van der Waals surface area contributed by atoms with E-state index in [0.717, 1.165) is 96.3 Å². The summed E-state index contributed by atoms with van der Waals surface area (Å²) in [6, 6.07) is 0. The second-order valence-electron chi connectivity index (χ2n) is 15.8. The molecule has 0 spiro atoms. The summed E-state index contributed by atoms with van der Waals surface area (Å²) < 4.78 is 16.7. The summed E-state index contributed by atoms with van der Waals surface area (Å²) in [5.74, 6) is -0.981. The van der Waals surface area contributed by atoms with Crippen LogP contribution in [0.2, 0.25) is 0 Å². The van der Waals surface area contributed by atoms with Gasteiger partial charge in [-0.05, 0) is 83.5 Å². The van der Waals surface area contributed by atoms with E-state index in [-0.39, 0.29) is 31.1 Å². The Morgan fingerprint density at radius 3 is 1.07 bits per heavy atom. The normalized spacial score (nSPS) is 13.0. The van der Waals surface area contributed by atoms with Gasteiger partial charge >= 0.3 is 17.9 Å². The summed E-state index contributed by atoms with van der Waals surface area (Å²) >= 11 is 0. The summed E-state index contributed by atoms with van der Waals surface area (Å²) in [4.78, 5) is 37.9. The number of carbonyl (C=O) groups is 3. The van der Waals surface area contributed by atoms with Crippen LogP contribution in [0, 0.1) is 0 Å². The van der Waals surface area contributed by atoms with Crippen LogP contribution in [0.3, 0.4) is 0 Å². The highest BCUT2D eigenvalue weighted by Gasteiger charge is 2.19. The highest BCUT2D eigenvalue weighted by atomic mass is 16.6. The molecule has 0 aromatic carbocycles. The Bertz CT molecular complexity index is 1290. The van der Waals surface area contributed by atoms with Gasteiger partial charge < -0.3 is 14.2 Å². The predicted molar refractivity (Wildman–Crippen MR) is 260 cm³/mol. The third-order valence-corrected chi connectivity index (χ3v) is 9.93. The van der Waals surface area contributed by atoms with Crippen molar-refractivity contribution in [2.24, 2.45) is 0 Å². The number of allylic oxidation sites excluding steroid dienone is 18. The van der Waals surface area contributed by atoms with Crippen molar-refractivity contribution in [1.82, 2.24) is 0 Å². The summed E-state index contributed by atoms with van der Waals surface area (Å²) in [5, 5.41) is 0. The molecule has 1 atom stereocenters. The lowest BCUT2D eigenvalue weighted by molar-refractivity contribution is -0.167. The molecule has 0 N–H and O–H groups in total. The first-order chi connectivity index (χ1) is 30.0. The summed E-state index contributed by atoms with van der Waals surface area (Å²) in [5.41, 5.74) is 0. The van der Waals surface area contributed by atoms with Gasteiger partial charge in [0.2, 0.25) is 0 Å². The van der Waals surface area contributed by atoms with Gasteiger partial charge in [-0.2, -0.15) is 0 Å². The van der Waals surface area contributed by atoms with Crippen LogP contribution in [-0.4, -0.2) is 37.2 Å². The van der Waals surface area contributed by atoms with Crippen molar-refractivity contribution in [2.45, 2.75) is 207 Å². The quantitative estimate of drug-likeness (QED) is 0.0200. The maximum absolute atomic E-state index is 12.8. The molecule has 0 saturated heterocycles. The Balaban J connectivity index is 4.52. The fraction of sp³-hybridized carbons (Fsp3) is 0.618. The molecular weight excluding hydrogens is 757 g/mol. The van der Waals surface area contributed by atoms with E-state index in [2.05, 4.69) is 81.5 Å². The van der Waals surface area contributed by atoms with Crippen molar-refractivity contribution in [3.63, 3.8) is 0 Å². The molecule has 0 aliphatic heterocycles. The molecule has 0 fully saturated rings. The fourth-order valence-corrected chi connectivity index (χ4v) is 6.28. The summed E-state index contributed by atoms with van der Waals surface area (Å²) in [6.45, 7) is 6.27. The van der Waals surface area contributed by atoms with Crippen molar-refractivity contribution in [2.75, 3.05) is 13.2 Å². The monoisotopic (exact) mass is 845 g/mol. The van der Waals surface area contributed by atoms with E-state index in [9.17, 15) is 14.4 Å². The van der Waals surface area contributed by atoms with Crippen molar-refractivity contribution in [1.29, 1.82) is 0 Å². The lowest BCUT2D eigenvalue weighted by Crippen LogP contribution is -2.30. The van der Waals surface area contributed by atoms with Crippen LogP contribution in [0.25, 0.3) is 0 Å². The topological polar surface area (TPSA) is 78.9 Å². The molecule has 0 amide bonds. The molecule has 0 bridgehead atoms. The van der Waals surface area contributed by atoms with Gasteiger partial charge in [0.25, 0.3) is 0 Å². The van der Waals surface area contributed by atoms with Gasteiger partial charge in [-0.1, -0.05) is 207 Å². The average Bonchev–Trinajstić information content (AvgIpc) is 3.26. The number of rotatable bonds is 42. The summed E-state index contributed by atoms with van der Waals surface area (Å²) in [6.07, 6.45) is 64.9. The highest BCUT2D eigenvalue weighted by molar-refractivity contribution is 5.71. The number of ether oxygens (including phenoxy) is 3. The van der Waals surface area contributed by atoms with E-state index in [4.69, 9.17) is 14.2 Å². The molecule has 0 heterocycles. The van der Waals surface area contributed by atoms with E-state index < -0.39 is 6.10 Å². The van der Waals surface area contributed by atoms with Gasteiger partial charge in [-0.25, -0.2) is 0 Å². The zero-order chi connectivity index (χ0) is 44.4. The molecule has 1 unspecified atom stereocenters. The first-order valence-electron chi connectivity index (χ1n) is 24.5. The molecule has 6 heteroatoms. The first kappa shape index (κ1) is 57.1. The number of esters is 3. The lowest BCUT2D eigenvalue weighted by atomic mass is 10.1. The molecule has 61 heavy (non-hydrogen) atoms. The van der Waals surface area contributed by atoms with E-state index in [1.165, 1.54) is 64.2 Å². The Morgan fingerprint density at radius 2 is 0.656 bits per heavy atom. The molecule has 0 aliphatic rings. The van der Waals surface area contributed by atoms with Gasteiger partial charge in [0.1, 0.15) is 13.2 Å². The molecule has 344 valence electrons. The predicted octanol–water partition coefficient (Wildman–Crippen LogP) is 16.0. The molecule has 0 rings (SSSR count). The minimum Gasteiger partial charge on any atom is -0.462 e. The Hall–Kier alpha value is -3.93. The van der Waals surface area contributed by atoms with Gasteiger partial charge in [0.05, 0.1) is 0 Å². The molecule has 0 radical (unpaired) electrons. The molecule has 0 aromatic rings. The summed E-state index contributed by atoms with van der Waals surface area (Å²) in [7, 11) is 0. The average molecular weight is 845 g/mol. The third kappa shape index (κ3) is 47.0. The Labute approximate surface area is 374 Å². The number of carbonyl (C=O) groups excluding carboxylic acids is 3. The first-order valence-corrected chi connectivity index (χ1v) is 24.5. The Kier molecular flexibility index (Phi) is 45.6. The van der Waals surface area contributed by atoms with Crippen LogP contribution < -0.4 is 0 Å². The fourth-order valence-electron chi connectivity index (χ4n) is 6.28.